The lowest BCUT2D eigenvalue weighted by Gasteiger charge is -2.49. The minimum atomic E-state index is 0.0100. The number of nitrogens with zero attached hydrogens (tertiary/aromatic N) is 1. The number of hydrogen-bond donors (Lipinski definition) is 1. The molecule has 1 aromatic carbocycles. The van der Waals surface area contributed by atoms with Gasteiger partial charge >= 0.3 is 5.97 Å². The van der Waals surface area contributed by atoms with Gasteiger partial charge in [0.05, 0.1) is 19.1 Å². The molecule has 0 bridgehead atoms. The lowest BCUT2D eigenvalue weighted by molar-refractivity contribution is -0.152. The third kappa shape index (κ3) is 2.34. The molecule has 0 amide bonds. The molecular formula is C21H26N2O2. The summed E-state index contributed by atoms with van der Waals surface area (Å²) >= 11 is 0. The highest BCUT2D eigenvalue weighted by Gasteiger charge is 2.46. The third-order valence-corrected chi connectivity index (χ3v) is 6.95. The van der Waals surface area contributed by atoms with Gasteiger partial charge in [0.1, 0.15) is 0 Å². The van der Waals surface area contributed by atoms with Gasteiger partial charge in [0.2, 0.25) is 0 Å². The Kier molecular flexibility index (Phi) is 3.63. The van der Waals surface area contributed by atoms with Gasteiger partial charge in [0, 0.05) is 29.7 Å². The number of carbonyl (C=O) groups excluding carboxylic acids is 1. The molecule has 4 nitrogen and oxygen atoms in total. The number of fused-ring (bicyclic) bond motifs is 6. The maximum atomic E-state index is 12.3. The SMILES string of the molecule is COC(=O)[C@H]1CCCC2CN3CCc4c([nH]c5ccccc45)[C@@H]3CC21. The van der Waals surface area contributed by atoms with Crippen LogP contribution in [0.15, 0.2) is 24.3 Å². The lowest BCUT2D eigenvalue weighted by atomic mass is 9.66. The van der Waals surface area contributed by atoms with E-state index in [1.54, 1.807) is 0 Å². The first-order valence-electron chi connectivity index (χ1n) is 9.67. The molecule has 4 heteroatoms. The first-order chi connectivity index (χ1) is 12.3. The van der Waals surface area contributed by atoms with Gasteiger partial charge in [-0.15, -0.1) is 0 Å². The van der Waals surface area contributed by atoms with E-state index in [0.29, 0.717) is 17.9 Å². The predicted molar refractivity (Wildman–Crippen MR) is 97.3 cm³/mol. The number of aromatic nitrogens is 1. The summed E-state index contributed by atoms with van der Waals surface area (Å²) in [5.41, 5.74) is 4.16. The number of ether oxygens (including phenoxy) is 1. The molecule has 1 saturated carbocycles. The molecule has 1 saturated heterocycles. The number of para-hydroxylation sites is 1. The highest BCUT2D eigenvalue weighted by molar-refractivity contribution is 5.85. The van der Waals surface area contributed by atoms with E-state index in [0.717, 1.165) is 38.8 Å². The fourth-order valence-electron chi connectivity index (χ4n) is 5.80. The Morgan fingerprint density at radius 3 is 3.04 bits per heavy atom. The summed E-state index contributed by atoms with van der Waals surface area (Å²) in [6, 6.07) is 9.09. The molecule has 3 aliphatic rings. The summed E-state index contributed by atoms with van der Waals surface area (Å²) in [6.07, 6.45) is 5.65. The number of nitrogens with one attached hydrogen (secondary N) is 1. The Bertz CT molecular complexity index is 811. The highest BCUT2D eigenvalue weighted by atomic mass is 16.5. The molecule has 1 aliphatic carbocycles. The second-order valence-electron chi connectivity index (χ2n) is 8.04. The van der Waals surface area contributed by atoms with Gasteiger partial charge < -0.3 is 9.72 Å². The number of benzene rings is 1. The van der Waals surface area contributed by atoms with Gasteiger partial charge in [-0.3, -0.25) is 9.69 Å². The van der Waals surface area contributed by atoms with E-state index in [-0.39, 0.29) is 11.9 Å². The number of aromatic amines is 1. The lowest BCUT2D eigenvalue weighted by Crippen LogP contribution is -2.50. The largest absolute Gasteiger partial charge is 0.469 e. The summed E-state index contributed by atoms with van der Waals surface area (Å²) < 4.78 is 5.13. The van der Waals surface area contributed by atoms with Gasteiger partial charge in [0.15, 0.2) is 0 Å². The van der Waals surface area contributed by atoms with Crippen LogP contribution in [0.25, 0.3) is 10.9 Å². The van der Waals surface area contributed by atoms with Crippen LogP contribution in [-0.2, 0) is 16.0 Å². The van der Waals surface area contributed by atoms with Gasteiger partial charge in [-0.05, 0) is 49.1 Å². The third-order valence-electron chi connectivity index (χ3n) is 6.95. The summed E-state index contributed by atoms with van der Waals surface area (Å²) in [6.45, 7) is 2.28. The Morgan fingerprint density at radius 2 is 2.16 bits per heavy atom. The highest BCUT2D eigenvalue weighted by Crippen LogP contribution is 2.49. The standard InChI is InChI=1S/C21H26N2O2/c1-25-21(24)16-7-4-5-13-12-23-10-9-15-14-6-2-3-8-18(14)22-20(15)19(23)11-17(13)16/h2-3,6,8,13,16-17,19,22H,4-5,7,9-12H2,1H3/t13?,16-,17?,19-/m0/s1. The average Bonchev–Trinajstić information content (AvgIpc) is 3.04. The van der Waals surface area contributed by atoms with Crippen LogP contribution >= 0.6 is 0 Å². The van der Waals surface area contributed by atoms with Crippen molar-refractivity contribution in [3.63, 3.8) is 0 Å². The van der Waals surface area contributed by atoms with E-state index >= 15 is 0 Å². The molecule has 0 radical (unpaired) electrons. The minimum Gasteiger partial charge on any atom is -0.469 e. The molecule has 0 spiro atoms. The Morgan fingerprint density at radius 1 is 1.28 bits per heavy atom. The monoisotopic (exact) mass is 338 g/mol. The van der Waals surface area contributed by atoms with Gasteiger partial charge in [-0.25, -0.2) is 0 Å². The number of carbonyl (C=O) groups is 1. The maximum absolute atomic E-state index is 12.3. The number of methoxy groups -OCH3 is 1. The van der Waals surface area contributed by atoms with E-state index in [1.165, 1.54) is 35.7 Å². The quantitative estimate of drug-likeness (QED) is 0.807. The van der Waals surface area contributed by atoms with Gasteiger partial charge in [-0.1, -0.05) is 24.6 Å². The van der Waals surface area contributed by atoms with Crippen molar-refractivity contribution in [2.75, 3.05) is 20.2 Å². The smallest absolute Gasteiger partial charge is 0.308 e. The number of esters is 1. The number of hydrogen-bond acceptors (Lipinski definition) is 3. The van der Waals surface area contributed by atoms with Crippen LogP contribution in [-0.4, -0.2) is 36.1 Å². The maximum Gasteiger partial charge on any atom is 0.308 e. The zero-order chi connectivity index (χ0) is 17.0. The summed E-state index contributed by atoms with van der Waals surface area (Å²) in [5, 5.41) is 1.38. The topological polar surface area (TPSA) is 45.3 Å². The van der Waals surface area contributed by atoms with Crippen molar-refractivity contribution in [2.45, 2.75) is 38.1 Å². The minimum absolute atomic E-state index is 0.0100. The summed E-state index contributed by atoms with van der Waals surface area (Å²) in [4.78, 5) is 18.7. The molecule has 1 aromatic heterocycles. The first-order valence-corrected chi connectivity index (χ1v) is 9.67. The Labute approximate surface area is 148 Å². The molecule has 2 aromatic rings. The van der Waals surface area contributed by atoms with E-state index < -0.39 is 0 Å². The van der Waals surface area contributed by atoms with Crippen molar-refractivity contribution >= 4 is 16.9 Å². The van der Waals surface area contributed by atoms with Crippen molar-refractivity contribution in [3.05, 3.63) is 35.5 Å². The Balaban J connectivity index is 1.51. The van der Waals surface area contributed by atoms with E-state index in [9.17, 15) is 4.79 Å². The van der Waals surface area contributed by atoms with Gasteiger partial charge in [0.25, 0.3) is 0 Å². The van der Waals surface area contributed by atoms with Gasteiger partial charge in [-0.2, -0.15) is 0 Å². The Hall–Kier alpha value is -1.81. The molecule has 2 unspecified atom stereocenters. The average molecular weight is 338 g/mol. The van der Waals surface area contributed by atoms with Crippen LogP contribution in [0.4, 0.5) is 0 Å². The summed E-state index contributed by atoms with van der Waals surface area (Å²) in [7, 11) is 1.54. The van der Waals surface area contributed by atoms with Crippen molar-refractivity contribution in [3.8, 4) is 0 Å². The molecule has 5 rings (SSSR count). The molecule has 1 N–H and O–H groups in total. The van der Waals surface area contributed by atoms with E-state index in [4.69, 9.17) is 4.74 Å². The van der Waals surface area contributed by atoms with Crippen LogP contribution < -0.4 is 0 Å². The van der Waals surface area contributed by atoms with Crippen molar-refractivity contribution in [2.24, 2.45) is 17.8 Å². The van der Waals surface area contributed by atoms with Crippen LogP contribution in [0.5, 0.6) is 0 Å². The number of H-pyrrole nitrogens is 1. The van der Waals surface area contributed by atoms with Crippen LogP contribution in [0.1, 0.15) is 43.0 Å². The zero-order valence-corrected chi connectivity index (χ0v) is 14.8. The van der Waals surface area contributed by atoms with Crippen molar-refractivity contribution in [1.82, 2.24) is 9.88 Å². The normalized spacial score (nSPS) is 31.9. The molecule has 3 heterocycles. The molecule has 2 aliphatic heterocycles. The second-order valence-corrected chi connectivity index (χ2v) is 8.04. The molecule has 2 fully saturated rings. The first kappa shape index (κ1) is 15.4. The molecule has 4 atom stereocenters. The summed E-state index contributed by atoms with van der Waals surface area (Å²) in [5.74, 6) is 1.23. The zero-order valence-electron chi connectivity index (χ0n) is 14.8. The fraction of sp³-hybridized carbons (Fsp3) is 0.571. The van der Waals surface area contributed by atoms with Crippen LogP contribution in [0.2, 0.25) is 0 Å². The number of rotatable bonds is 1. The van der Waals surface area contributed by atoms with E-state index in [2.05, 4.69) is 34.1 Å². The number of piperidine rings is 1. The fourth-order valence-corrected chi connectivity index (χ4v) is 5.80. The predicted octanol–water partition coefficient (Wildman–Crippen LogP) is 3.68. The molecule has 132 valence electrons. The van der Waals surface area contributed by atoms with Crippen LogP contribution in [0.3, 0.4) is 0 Å². The van der Waals surface area contributed by atoms with Crippen molar-refractivity contribution in [1.29, 1.82) is 0 Å². The van der Waals surface area contributed by atoms with Crippen LogP contribution in [0, 0.1) is 17.8 Å². The molecular weight excluding hydrogens is 312 g/mol. The van der Waals surface area contributed by atoms with Crippen molar-refractivity contribution < 1.29 is 9.53 Å². The van der Waals surface area contributed by atoms with E-state index in [1.807, 2.05) is 0 Å². The molecule has 25 heavy (non-hydrogen) atoms. The second kappa shape index (κ2) is 5.87.